The van der Waals surface area contributed by atoms with Crippen LogP contribution in [0.3, 0.4) is 0 Å². The van der Waals surface area contributed by atoms with Crippen molar-refractivity contribution in [2.75, 3.05) is 76.6 Å². The van der Waals surface area contributed by atoms with Gasteiger partial charge in [0.1, 0.15) is 39.7 Å². The number of para-hydroxylation sites is 1. The van der Waals surface area contributed by atoms with Gasteiger partial charge < -0.3 is 40.2 Å². The van der Waals surface area contributed by atoms with Gasteiger partial charge in [-0.15, -0.1) is 10.2 Å². The number of azo groups is 1. The van der Waals surface area contributed by atoms with Crippen LogP contribution >= 0.6 is 0 Å². The van der Waals surface area contributed by atoms with Gasteiger partial charge in [0.05, 0.1) is 57.6 Å². The molecular formula is C33H45N7O8S. The maximum atomic E-state index is 13.5. The Morgan fingerprint density at radius 3 is 2.27 bits per heavy atom. The highest BCUT2D eigenvalue weighted by molar-refractivity contribution is 7.91. The third-order valence-electron chi connectivity index (χ3n) is 7.12. The molecule has 0 amide bonds. The van der Waals surface area contributed by atoms with E-state index in [0.29, 0.717) is 29.4 Å². The van der Waals surface area contributed by atoms with Crippen LogP contribution in [0.15, 0.2) is 57.6 Å². The van der Waals surface area contributed by atoms with Crippen molar-refractivity contribution in [2.24, 2.45) is 10.2 Å². The molecule has 0 radical (unpaired) electrons. The van der Waals surface area contributed by atoms with Crippen LogP contribution in [0.2, 0.25) is 0 Å². The number of nitrogens with one attached hydrogen (secondary N) is 2. The van der Waals surface area contributed by atoms with Crippen LogP contribution in [0.25, 0.3) is 0 Å². The van der Waals surface area contributed by atoms with Crippen LogP contribution in [0.4, 0.5) is 28.7 Å². The number of hydrogen-bond acceptors (Lipinski definition) is 15. The molecule has 0 aliphatic carbocycles. The van der Waals surface area contributed by atoms with Gasteiger partial charge in [-0.3, -0.25) is 4.90 Å². The maximum absolute atomic E-state index is 13.5. The van der Waals surface area contributed by atoms with E-state index < -0.39 is 22.0 Å². The number of ether oxygens (including phenoxy) is 3. The van der Waals surface area contributed by atoms with Crippen molar-refractivity contribution in [3.63, 3.8) is 0 Å². The van der Waals surface area contributed by atoms with E-state index in [9.17, 15) is 23.9 Å². The summed E-state index contributed by atoms with van der Waals surface area (Å²) in [5.41, 5.74) is 1.84. The zero-order chi connectivity index (χ0) is 36.0. The summed E-state index contributed by atoms with van der Waals surface area (Å²) in [5, 5.41) is 53.9. The third kappa shape index (κ3) is 11.3. The summed E-state index contributed by atoms with van der Waals surface area (Å²) in [6, 6.07) is 14.1. The molecule has 0 bridgehead atoms. The summed E-state index contributed by atoms with van der Waals surface area (Å²) >= 11 is 0. The first kappa shape index (κ1) is 39.1. The summed E-state index contributed by atoms with van der Waals surface area (Å²) in [4.78, 5) is 6.21. The van der Waals surface area contributed by atoms with E-state index in [1.54, 1.807) is 25.7 Å². The fourth-order valence-corrected chi connectivity index (χ4v) is 6.33. The topological polar surface area (TPSA) is 211 Å². The Balaban J connectivity index is 2.02. The first-order valence-corrected chi connectivity index (χ1v) is 17.3. The summed E-state index contributed by atoms with van der Waals surface area (Å²) in [5.74, 6) is 0.425. The monoisotopic (exact) mass is 699 g/mol. The number of aliphatic hydroxyl groups excluding tert-OH is 3. The molecule has 16 heteroatoms. The standard InChI is InChI=1S/C33H45N7O8S/c1-22(42)20-40(21-23(2)43)12-16-49(44,45)30-18-28(46-4)27(17-29(30)47-5)38-39-31-24(3)26(19-34)32(35-11-14-48-15-13-41)37-33(31)36-25-9-7-6-8-10-25/h6-10,17-18,22-23,41-43H,11-16,20-21H2,1-5H3,(H2,35,36,37). The van der Waals surface area contributed by atoms with E-state index in [1.807, 2.05) is 30.3 Å². The SMILES string of the molecule is COc1cc(S(=O)(=O)CCN(CC(C)O)CC(C)O)c(OC)cc1N=Nc1c(Nc2ccccc2)nc(NCCOCCO)c(C#N)c1C. The molecule has 0 aliphatic heterocycles. The summed E-state index contributed by atoms with van der Waals surface area (Å²) < 4.78 is 43.4. The van der Waals surface area contributed by atoms with Gasteiger partial charge in [0.25, 0.3) is 0 Å². The fourth-order valence-electron chi connectivity index (χ4n) is 4.88. The molecule has 0 spiro atoms. The number of anilines is 3. The number of benzene rings is 2. The molecule has 15 nitrogen and oxygen atoms in total. The number of rotatable bonds is 20. The normalized spacial score (nSPS) is 12.9. The predicted molar refractivity (Wildman–Crippen MR) is 185 cm³/mol. The molecule has 266 valence electrons. The summed E-state index contributed by atoms with van der Waals surface area (Å²) in [6.45, 7) is 6.05. The van der Waals surface area contributed by atoms with Crippen molar-refractivity contribution in [2.45, 2.75) is 37.9 Å². The second-order valence-corrected chi connectivity index (χ2v) is 13.3. The van der Waals surface area contributed by atoms with Gasteiger partial charge in [0.2, 0.25) is 0 Å². The number of hydrogen-bond donors (Lipinski definition) is 5. The molecule has 2 aromatic carbocycles. The van der Waals surface area contributed by atoms with E-state index in [1.165, 1.54) is 26.4 Å². The van der Waals surface area contributed by atoms with Crippen LogP contribution in [0.1, 0.15) is 25.0 Å². The van der Waals surface area contributed by atoms with Crippen LogP contribution in [-0.2, 0) is 14.6 Å². The zero-order valence-electron chi connectivity index (χ0n) is 28.4. The number of methoxy groups -OCH3 is 2. The zero-order valence-corrected chi connectivity index (χ0v) is 29.2. The maximum Gasteiger partial charge on any atom is 0.183 e. The second kappa shape index (κ2) is 19.0. The first-order chi connectivity index (χ1) is 23.4. The third-order valence-corrected chi connectivity index (χ3v) is 8.83. The van der Waals surface area contributed by atoms with Crippen molar-refractivity contribution < 1.29 is 37.9 Å². The average molecular weight is 700 g/mol. The van der Waals surface area contributed by atoms with Crippen molar-refractivity contribution in [3.8, 4) is 17.6 Å². The quantitative estimate of drug-likeness (QED) is 0.0842. The molecule has 2 atom stereocenters. The van der Waals surface area contributed by atoms with Gasteiger partial charge in [-0.25, -0.2) is 13.4 Å². The van der Waals surface area contributed by atoms with Crippen LogP contribution in [-0.4, -0.2) is 112 Å². The molecule has 1 aromatic heterocycles. The van der Waals surface area contributed by atoms with Gasteiger partial charge in [0.15, 0.2) is 15.7 Å². The van der Waals surface area contributed by atoms with Gasteiger partial charge >= 0.3 is 0 Å². The number of nitrogens with zero attached hydrogens (tertiary/aromatic N) is 5. The van der Waals surface area contributed by atoms with E-state index >= 15 is 0 Å². The largest absolute Gasteiger partial charge is 0.495 e. The summed E-state index contributed by atoms with van der Waals surface area (Å²) in [7, 11) is -1.22. The molecule has 5 N–H and O–H groups in total. The number of aromatic nitrogens is 1. The minimum atomic E-state index is -3.93. The molecule has 2 unspecified atom stereocenters. The number of aliphatic hydroxyl groups is 3. The number of pyridine rings is 1. The first-order valence-electron chi connectivity index (χ1n) is 15.6. The van der Waals surface area contributed by atoms with E-state index in [0.717, 1.165) is 0 Å². The van der Waals surface area contributed by atoms with E-state index in [4.69, 9.17) is 19.3 Å². The number of sulfone groups is 1. The Hall–Kier alpha value is -4.37. The Morgan fingerprint density at radius 2 is 1.67 bits per heavy atom. The van der Waals surface area contributed by atoms with Crippen LogP contribution in [0, 0.1) is 18.3 Å². The fraction of sp³-hybridized carbons (Fsp3) is 0.455. The molecule has 3 rings (SSSR count). The van der Waals surface area contributed by atoms with E-state index in [-0.39, 0.29) is 78.5 Å². The molecule has 0 saturated carbocycles. The van der Waals surface area contributed by atoms with Gasteiger partial charge in [-0.2, -0.15) is 5.26 Å². The molecule has 49 heavy (non-hydrogen) atoms. The lowest BCUT2D eigenvalue weighted by molar-refractivity contribution is 0.0873. The lowest BCUT2D eigenvalue weighted by Gasteiger charge is -2.25. The van der Waals surface area contributed by atoms with Crippen molar-refractivity contribution >= 4 is 38.5 Å². The highest BCUT2D eigenvalue weighted by Gasteiger charge is 2.25. The molecule has 0 fully saturated rings. The lowest BCUT2D eigenvalue weighted by Crippen LogP contribution is -2.39. The van der Waals surface area contributed by atoms with Gasteiger partial charge in [-0.05, 0) is 32.9 Å². The Morgan fingerprint density at radius 1 is 1.00 bits per heavy atom. The Labute approximate surface area is 287 Å². The van der Waals surface area contributed by atoms with E-state index in [2.05, 4.69) is 31.9 Å². The van der Waals surface area contributed by atoms with Gasteiger partial charge in [0, 0.05) is 49.6 Å². The highest BCUT2D eigenvalue weighted by atomic mass is 32.2. The highest BCUT2D eigenvalue weighted by Crippen LogP contribution is 2.41. The smallest absolute Gasteiger partial charge is 0.183 e. The minimum Gasteiger partial charge on any atom is -0.495 e. The second-order valence-electron chi connectivity index (χ2n) is 11.2. The molecule has 1 heterocycles. The lowest BCUT2D eigenvalue weighted by atomic mass is 10.1. The molecule has 0 saturated heterocycles. The molecule has 3 aromatic rings. The van der Waals surface area contributed by atoms with Crippen molar-refractivity contribution in [1.29, 1.82) is 5.26 Å². The Bertz CT molecular complexity index is 1690. The summed E-state index contributed by atoms with van der Waals surface area (Å²) in [6.07, 6.45) is -1.42. The van der Waals surface area contributed by atoms with Crippen LogP contribution < -0.4 is 20.1 Å². The van der Waals surface area contributed by atoms with Gasteiger partial charge in [-0.1, -0.05) is 18.2 Å². The Kier molecular flexibility index (Phi) is 15.1. The average Bonchev–Trinajstić information content (AvgIpc) is 3.06. The number of nitriles is 1. The van der Waals surface area contributed by atoms with Crippen LogP contribution in [0.5, 0.6) is 11.5 Å². The minimum absolute atomic E-state index is 0.0190. The predicted octanol–water partition coefficient (Wildman–Crippen LogP) is 3.70. The molecule has 0 aliphatic rings. The van der Waals surface area contributed by atoms with Crippen molar-refractivity contribution in [1.82, 2.24) is 9.88 Å². The van der Waals surface area contributed by atoms with Crippen molar-refractivity contribution in [3.05, 3.63) is 53.6 Å². The molecular weight excluding hydrogens is 654 g/mol.